The Balaban J connectivity index is 1.73. The molecule has 1 N–H and O–H groups in total. The minimum atomic E-state index is 0.715. The normalized spacial score (nSPS) is 17.3. The Morgan fingerprint density at radius 3 is 2.89 bits per heavy atom. The second-order valence-corrected chi connectivity index (χ2v) is 5.14. The highest BCUT2D eigenvalue weighted by atomic mass is 15.1. The fourth-order valence-electron chi connectivity index (χ4n) is 2.34. The molecule has 96 valence electrons. The van der Waals surface area contributed by atoms with E-state index >= 15 is 0 Å². The van der Waals surface area contributed by atoms with Gasteiger partial charge < -0.3 is 10.2 Å². The predicted molar refractivity (Wildman–Crippen MR) is 74.5 cm³/mol. The van der Waals surface area contributed by atoms with Gasteiger partial charge in [0.15, 0.2) is 0 Å². The van der Waals surface area contributed by atoms with Gasteiger partial charge in [0.05, 0.1) is 11.6 Å². The summed E-state index contributed by atoms with van der Waals surface area (Å²) in [6, 6.07) is 9.83. The molecule has 1 heterocycles. The quantitative estimate of drug-likeness (QED) is 0.883. The van der Waals surface area contributed by atoms with Crippen molar-refractivity contribution in [3.05, 3.63) is 29.8 Å². The Labute approximate surface area is 109 Å². The van der Waals surface area contributed by atoms with Crippen LogP contribution in [0, 0.1) is 17.2 Å². The zero-order valence-corrected chi connectivity index (χ0v) is 11.0. The van der Waals surface area contributed by atoms with Crippen molar-refractivity contribution in [3.63, 3.8) is 0 Å². The van der Waals surface area contributed by atoms with Crippen LogP contribution in [0.3, 0.4) is 0 Å². The number of rotatable bonds is 4. The second kappa shape index (κ2) is 6.42. The molecule has 1 aliphatic heterocycles. The highest BCUT2D eigenvalue weighted by Crippen LogP contribution is 2.15. The number of nitrogens with zero attached hydrogens (tertiary/aromatic N) is 2. The summed E-state index contributed by atoms with van der Waals surface area (Å²) in [5, 5.41) is 12.2. The lowest BCUT2D eigenvalue weighted by atomic mass is 9.99. The van der Waals surface area contributed by atoms with Crippen LogP contribution in [0.4, 0.5) is 5.69 Å². The molecule has 0 aromatic heterocycles. The lowest BCUT2D eigenvalue weighted by Crippen LogP contribution is -2.36. The minimum Gasteiger partial charge on any atom is -0.384 e. The molecule has 0 radical (unpaired) electrons. The number of anilines is 1. The van der Waals surface area contributed by atoms with Gasteiger partial charge in [-0.15, -0.1) is 0 Å². The summed E-state index contributed by atoms with van der Waals surface area (Å²) in [6.45, 7) is 6.82. The molecule has 18 heavy (non-hydrogen) atoms. The fraction of sp³-hybridized carbons (Fsp3) is 0.533. The van der Waals surface area contributed by atoms with Crippen molar-refractivity contribution in [2.75, 3.05) is 31.5 Å². The number of hydrogen-bond donors (Lipinski definition) is 1. The van der Waals surface area contributed by atoms with Gasteiger partial charge in [-0.05, 0) is 50.0 Å². The topological polar surface area (TPSA) is 39.1 Å². The average Bonchev–Trinajstić information content (AvgIpc) is 2.41. The Bertz CT molecular complexity index is 414. The van der Waals surface area contributed by atoms with E-state index in [0.717, 1.165) is 24.7 Å². The van der Waals surface area contributed by atoms with Gasteiger partial charge >= 0.3 is 0 Å². The van der Waals surface area contributed by atoms with Gasteiger partial charge in [-0.2, -0.15) is 5.26 Å². The molecular formula is C15H21N3. The third-order valence-electron chi connectivity index (χ3n) is 3.63. The molecule has 1 fully saturated rings. The summed E-state index contributed by atoms with van der Waals surface area (Å²) in [5.74, 6) is 0.890. The molecule has 2 rings (SSSR count). The average molecular weight is 243 g/mol. The molecular weight excluding hydrogens is 222 g/mol. The van der Waals surface area contributed by atoms with Crippen LogP contribution in [0.25, 0.3) is 0 Å². The van der Waals surface area contributed by atoms with E-state index in [1.165, 1.54) is 25.9 Å². The molecule has 1 aromatic carbocycles. The van der Waals surface area contributed by atoms with E-state index in [2.05, 4.69) is 23.2 Å². The first-order chi connectivity index (χ1) is 8.78. The van der Waals surface area contributed by atoms with Crippen LogP contribution < -0.4 is 5.32 Å². The van der Waals surface area contributed by atoms with Crippen molar-refractivity contribution in [2.45, 2.75) is 19.8 Å². The van der Waals surface area contributed by atoms with Gasteiger partial charge in [0.2, 0.25) is 0 Å². The molecule has 0 aliphatic carbocycles. The van der Waals surface area contributed by atoms with Crippen molar-refractivity contribution >= 4 is 5.69 Å². The van der Waals surface area contributed by atoms with Gasteiger partial charge in [-0.3, -0.25) is 0 Å². The summed E-state index contributed by atoms with van der Waals surface area (Å²) in [5.41, 5.74) is 1.76. The van der Waals surface area contributed by atoms with Crippen molar-refractivity contribution in [2.24, 2.45) is 5.92 Å². The van der Waals surface area contributed by atoms with Gasteiger partial charge in [0.1, 0.15) is 0 Å². The maximum absolute atomic E-state index is 8.83. The Morgan fingerprint density at radius 2 is 2.17 bits per heavy atom. The molecule has 0 unspecified atom stereocenters. The monoisotopic (exact) mass is 243 g/mol. The van der Waals surface area contributed by atoms with E-state index in [-0.39, 0.29) is 0 Å². The number of benzene rings is 1. The summed E-state index contributed by atoms with van der Waals surface area (Å²) in [7, 11) is 0. The van der Waals surface area contributed by atoms with E-state index in [1.54, 1.807) is 0 Å². The number of piperidine rings is 1. The van der Waals surface area contributed by atoms with Crippen LogP contribution in [-0.4, -0.2) is 31.1 Å². The highest BCUT2D eigenvalue weighted by molar-refractivity contribution is 5.49. The molecule has 1 saturated heterocycles. The summed E-state index contributed by atoms with van der Waals surface area (Å²) in [4.78, 5) is 2.52. The molecule has 3 nitrogen and oxygen atoms in total. The number of nitriles is 1. The third-order valence-corrected chi connectivity index (χ3v) is 3.63. The maximum atomic E-state index is 8.83. The van der Waals surface area contributed by atoms with Crippen molar-refractivity contribution < 1.29 is 0 Å². The SMILES string of the molecule is CC1CCN(CCNc2cccc(C#N)c2)CC1. The van der Waals surface area contributed by atoms with E-state index in [0.29, 0.717) is 5.56 Å². The largest absolute Gasteiger partial charge is 0.384 e. The van der Waals surface area contributed by atoms with Gasteiger partial charge in [0, 0.05) is 18.8 Å². The van der Waals surface area contributed by atoms with Crippen LogP contribution in [0.2, 0.25) is 0 Å². The first-order valence-electron chi connectivity index (χ1n) is 6.74. The molecule has 1 aromatic rings. The Hall–Kier alpha value is -1.53. The Morgan fingerprint density at radius 1 is 1.39 bits per heavy atom. The summed E-state index contributed by atoms with van der Waals surface area (Å²) in [6.07, 6.45) is 2.65. The van der Waals surface area contributed by atoms with E-state index in [4.69, 9.17) is 5.26 Å². The van der Waals surface area contributed by atoms with Crippen molar-refractivity contribution in [3.8, 4) is 6.07 Å². The van der Waals surface area contributed by atoms with Gasteiger partial charge in [-0.25, -0.2) is 0 Å². The number of likely N-dealkylation sites (tertiary alicyclic amines) is 1. The van der Waals surface area contributed by atoms with Gasteiger partial charge in [0.25, 0.3) is 0 Å². The molecule has 0 saturated carbocycles. The zero-order valence-electron chi connectivity index (χ0n) is 11.0. The van der Waals surface area contributed by atoms with Gasteiger partial charge in [-0.1, -0.05) is 13.0 Å². The Kier molecular flexibility index (Phi) is 4.60. The van der Waals surface area contributed by atoms with Crippen LogP contribution in [0.5, 0.6) is 0 Å². The minimum absolute atomic E-state index is 0.715. The summed E-state index contributed by atoms with van der Waals surface area (Å²) >= 11 is 0. The zero-order chi connectivity index (χ0) is 12.8. The molecule has 1 aliphatic rings. The standard InChI is InChI=1S/C15H21N3/c1-13-5-8-18(9-6-13)10-7-17-15-4-2-3-14(11-15)12-16/h2-4,11,13,17H,5-10H2,1H3. The van der Waals surface area contributed by atoms with E-state index < -0.39 is 0 Å². The van der Waals surface area contributed by atoms with Crippen molar-refractivity contribution in [1.82, 2.24) is 4.90 Å². The molecule has 3 heteroatoms. The second-order valence-electron chi connectivity index (χ2n) is 5.14. The lowest BCUT2D eigenvalue weighted by Gasteiger charge is -2.30. The molecule has 0 amide bonds. The van der Waals surface area contributed by atoms with Crippen LogP contribution >= 0.6 is 0 Å². The smallest absolute Gasteiger partial charge is 0.0992 e. The van der Waals surface area contributed by atoms with Crippen LogP contribution in [-0.2, 0) is 0 Å². The predicted octanol–water partition coefficient (Wildman–Crippen LogP) is 2.70. The molecule has 0 atom stereocenters. The first kappa shape index (κ1) is 12.9. The van der Waals surface area contributed by atoms with E-state index in [1.807, 2.05) is 24.3 Å². The number of hydrogen-bond acceptors (Lipinski definition) is 3. The third kappa shape index (κ3) is 3.75. The highest BCUT2D eigenvalue weighted by Gasteiger charge is 2.14. The fourth-order valence-corrected chi connectivity index (χ4v) is 2.34. The van der Waals surface area contributed by atoms with Crippen LogP contribution in [0.1, 0.15) is 25.3 Å². The molecule has 0 bridgehead atoms. The summed E-state index contributed by atoms with van der Waals surface area (Å²) < 4.78 is 0. The molecule has 0 spiro atoms. The number of nitrogens with one attached hydrogen (secondary N) is 1. The lowest BCUT2D eigenvalue weighted by molar-refractivity contribution is 0.199. The van der Waals surface area contributed by atoms with Crippen molar-refractivity contribution in [1.29, 1.82) is 5.26 Å². The van der Waals surface area contributed by atoms with Crippen LogP contribution in [0.15, 0.2) is 24.3 Å². The van der Waals surface area contributed by atoms with E-state index in [9.17, 15) is 0 Å². The first-order valence-corrected chi connectivity index (χ1v) is 6.74. The maximum Gasteiger partial charge on any atom is 0.0992 e.